The normalized spacial score (nSPS) is 17.2. The van der Waals surface area contributed by atoms with Gasteiger partial charge in [-0.15, -0.1) is 0 Å². The number of fused-ring (bicyclic) bond motifs is 2. The van der Waals surface area contributed by atoms with E-state index in [9.17, 15) is 4.39 Å². The molecule has 2 aliphatic rings. The molecule has 5 heteroatoms. The van der Waals surface area contributed by atoms with Gasteiger partial charge in [-0.25, -0.2) is 4.39 Å². The van der Waals surface area contributed by atoms with Gasteiger partial charge in [0.1, 0.15) is 18.5 Å². The van der Waals surface area contributed by atoms with Gasteiger partial charge in [-0.1, -0.05) is 19.1 Å². The molecule has 1 unspecified atom stereocenters. The topological polar surface area (TPSA) is 33.7 Å². The van der Waals surface area contributed by atoms with Crippen molar-refractivity contribution >= 4 is 5.69 Å². The Labute approximate surface area is 166 Å². The van der Waals surface area contributed by atoms with Gasteiger partial charge < -0.3 is 19.7 Å². The standard InChI is InChI=1S/C23H29FN2O2/c1-3-18(28-21-7-5-4-6-20(21)24)15-26-12-13-27-22-14-17-8-10-25-11-9-19(17)16(2)23(22)26/h4-7,14,18,25H,3,8-13,15H2,1-2H3. The van der Waals surface area contributed by atoms with E-state index in [-0.39, 0.29) is 11.9 Å². The zero-order chi connectivity index (χ0) is 19.5. The Morgan fingerprint density at radius 3 is 2.89 bits per heavy atom. The second-order valence-corrected chi connectivity index (χ2v) is 7.61. The molecule has 0 spiro atoms. The van der Waals surface area contributed by atoms with E-state index in [1.165, 1.54) is 28.4 Å². The van der Waals surface area contributed by atoms with Crippen LogP contribution in [0.5, 0.6) is 11.5 Å². The van der Waals surface area contributed by atoms with Gasteiger partial charge in [0.25, 0.3) is 0 Å². The molecule has 0 saturated carbocycles. The van der Waals surface area contributed by atoms with Crippen LogP contribution in [-0.4, -0.2) is 38.9 Å². The summed E-state index contributed by atoms with van der Waals surface area (Å²) in [4.78, 5) is 2.36. The van der Waals surface area contributed by atoms with Gasteiger partial charge in [0.2, 0.25) is 0 Å². The van der Waals surface area contributed by atoms with Crippen LogP contribution >= 0.6 is 0 Å². The molecule has 0 fully saturated rings. The minimum Gasteiger partial charge on any atom is -0.490 e. The van der Waals surface area contributed by atoms with E-state index in [1.54, 1.807) is 12.1 Å². The Kier molecular flexibility index (Phi) is 5.72. The Bertz CT molecular complexity index is 840. The summed E-state index contributed by atoms with van der Waals surface area (Å²) < 4.78 is 26.1. The van der Waals surface area contributed by atoms with E-state index in [0.29, 0.717) is 12.4 Å². The van der Waals surface area contributed by atoms with E-state index in [1.807, 2.05) is 6.07 Å². The second kappa shape index (κ2) is 8.39. The first-order valence-electron chi connectivity index (χ1n) is 10.3. The number of nitrogens with zero attached hydrogens (tertiary/aromatic N) is 1. The molecule has 2 aromatic carbocycles. The molecule has 0 amide bonds. The Morgan fingerprint density at radius 1 is 1.25 bits per heavy atom. The molecule has 1 N–H and O–H groups in total. The minimum atomic E-state index is -0.308. The smallest absolute Gasteiger partial charge is 0.165 e. The molecule has 2 heterocycles. The number of nitrogens with one attached hydrogen (secondary N) is 1. The molecular weight excluding hydrogens is 355 g/mol. The third-order valence-corrected chi connectivity index (χ3v) is 5.80. The van der Waals surface area contributed by atoms with Crippen molar-refractivity contribution in [2.75, 3.05) is 37.7 Å². The van der Waals surface area contributed by atoms with Gasteiger partial charge in [-0.05, 0) is 74.2 Å². The first kappa shape index (κ1) is 19.1. The van der Waals surface area contributed by atoms with Gasteiger partial charge in [0.15, 0.2) is 11.6 Å². The Morgan fingerprint density at radius 2 is 2.07 bits per heavy atom. The molecule has 2 aromatic rings. The third kappa shape index (κ3) is 3.81. The van der Waals surface area contributed by atoms with Crippen LogP contribution in [0.25, 0.3) is 0 Å². The number of ether oxygens (including phenoxy) is 2. The quantitative estimate of drug-likeness (QED) is 0.848. The Hall–Kier alpha value is -2.27. The summed E-state index contributed by atoms with van der Waals surface area (Å²) in [5.74, 6) is 0.995. The number of halogens is 1. The summed E-state index contributed by atoms with van der Waals surface area (Å²) in [6, 6.07) is 8.87. The Balaban J connectivity index is 1.60. The maximum absolute atomic E-state index is 14.0. The molecule has 150 valence electrons. The van der Waals surface area contributed by atoms with Crippen LogP contribution in [0.1, 0.15) is 30.0 Å². The average Bonchev–Trinajstić information content (AvgIpc) is 2.95. The lowest BCUT2D eigenvalue weighted by molar-refractivity contribution is 0.188. The summed E-state index contributed by atoms with van der Waals surface area (Å²) in [7, 11) is 0. The highest BCUT2D eigenvalue weighted by Gasteiger charge is 2.27. The maximum Gasteiger partial charge on any atom is 0.165 e. The summed E-state index contributed by atoms with van der Waals surface area (Å²) in [6.07, 6.45) is 2.82. The number of rotatable bonds is 5. The van der Waals surface area contributed by atoms with Crippen LogP contribution in [0, 0.1) is 12.7 Å². The average molecular weight is 384 g/mol. The lowest BCUT2D eigenvalue weighted by atomic mass is 9.94. The largest absolute Gasteiger partial charge is 0.490 e. The highest BCUT2D eigenvalue weighted by molar-refractivity contribution is 5.69. The molecule has 0 aliphatic carbocycles. The van der Waals surface area contributed by atoms with Crippen molar-refractivity contribution < 1.29 is 13.9 Å². The molecule has 1 atom stereocenters. The van der Waals surface area contributed by atoms with Crippen LogP contribution in [0.15, 0.2) is 30.3 Å². The fourth-order valence-electron chi connectivity index (χ4n) is 4.29. The summed E-state index contributed by atoms with van der Waals surface area (Å²) in [5, 5.41) is 3.49. The monoisotopic (exact) mass is 384 g/mol. The molecule has 28 heavy (non-hydrogen) atoms. The van der Waals surface area contributed by atoms with Crippen molar-refractivity contribution in [3.8, 4) is 11.5 Å². The first-order chi connectivity index (χ1) is 13.7. The van der Waals surface area contributed by atoms with Gasteiger partial charge in [0.05, 0.1) is 18.8 Å². The van der Waals surface area contributed by atoms with E-state index in [2.05, 4.69) is 30.1 Å². The fourth-order valence-corrected chi connectivity index (χ4v) is 4.29. The van der Waals surface area contributed by atoms with Crippen molar-refractivity contribution in [3.63, 3.8) is 0 Å². The molecule has 4 rings (SSSR count). The summed E-state index contributed by atoms with van der Waals surface area (Å²) in [5.41, 5.74) is 5.35. The fraction of sp³-hybridized carbons (Fsp3) is 0.478. The van der Waals surface area contributed by atoms with Crippen LogP contribution in [0.4, 0.5) is 10.1 Å². The lowest BCUT2D eigenvalue weighted by Crippen LogP contribution is -2.41. The molecule has 4 nitrogen and oxygen atoms in total. The van der Waals surface area contributed by atoms with Crippen LogP contribution in [0.3, 0.4) is 0 Å². The second-order valence-electron chi connectivity index (χ2n) is 7.61. The van der Waals surface area contributed by atoms with E-state index in [0.717, 1.165) is 51.2 Å². The number of hydrogen-bond donors (Lipinski definition) is 1. The predicted molar refractivity (Wildman–Crippen MR) is 110 cm³/mol. The van der Waals surface area contributed by atoms with Crippen molar-refractivity contribution in [2.45, 2.75) is 39.2 Å². The first-order valence-corrected chi connectivity index (χ1v) is 10.3. The van der Waals surface area contributed by atoms with Gasteiger partial charge in [-0.2, -0.15) is 0 Å². The predicted octanol–water partition coefficient (Wildman–Crippen LogP) is 3.88. The van der Waals surface area contributed by atoms with E-state index < -0.39 is 0 Å². The van der Waals surface area contributed by atoms with E-state index in [4.69, 9.17) is 9.47 Å². The van der Waals surface area contributed by atoms with Gasteiger partial charge in [0, 0.05) is 0 Å². The molecule has 0 radical (unpaired) electrons. The van der Waals surface area contributed by atoms with Gasteiger partial charge >= 0.3 is 0 Å². The zero-order valence-electron chi connectivity index (χ0n) is 16.8. The number of hydrogen-bond acceptors (Lipinski definition) is 4. The molecule has 0 aromatic heterocycles. The molecule has 0 bridgehead atoms. The van der Waals surface area contributed by atoms with Crippen LogP contribution in [0.2, 0.25) is 0 Å². The number of benzene rings is 2. The lowest BCUT2D eigenvalue weighted by Gasteiger charge is -2.36. The SMILES string of the molecule is CCC(CN1CCOc2cc3c(c(C)c21)CCNCC3)Oc1ccccc1F. The zero-order valence-corrected chi connectivity index (χ0v) is 16.8. The summed E-state index contributed by atoms with van der Waals surface area (Å²) >= 11 is 0. The van der Waals surface area contributed by atoms with Crippen LogP contribution in [-0.2, 0) is 12.8 Å². The highest BCUT2D eigenvalue weighted by Crippen LogP contribution is 2.39. The minimum absolute atomic E-state index is 0.0808. The number of anilines is 1. The molecular formula is C23H29FN2O2. The van der Waals surface area contributed by atoms with Crippen molar-refractivity contribution in [1.82, 2.24) is 5.32 Å². The molecule has 0 saturated heterocycles. The van der Waals surface area contributed by atoms with Gasteiger partial charge in [-0.3, -0.25) is 0 Å². The van der Waals surface area contributed by atoms with Crippen LogP contribution < -0.4 is 19.7 Å². The van der Waals surface area contributed by atoms with Crippen molar-refractivity contribution in [3.05, 3.63) is 52.8 Å². The molecule has 2 aliphatic heterocycles. The maximum atomic E-state index is 14.0. The highest BCUT2D eigenvalue weighted by atomic mass is 19.1. The van der Waals surface area contributed by atoms with Crippen molar-refractivity contribution in [2.24, 2.45) is 0 Å². The van der Waals surface area contributed by atoms with E-state index >= 15 is 0 Å². The third-order valence-electron chi connectivity index (χ3n) is 5.80. The van der Waals surface area contributed by atoms with Crippen molar-refractivity contribution in [1.29, 1.82) is 0 Å². The number of para-hydroxylation sites is 1. The summed E-state index contributed by atoms with van der Waals surface area (Å²) in [6.45, 7) is 8.54.